The van der Waals surface area contributed by atoms with E-state index in [-0.39, 0.29) is 25.2 Å². The van der Waals surface area contributed by atoms with E-state index in [1.807, 2.05) is 0 Å². The zero-order valence-electron chi connectivity index (χ0n) is 8.03. The number of ketones is 1. The fraction of sp³-hybridized carbons (Fsp3) is 0.875. The topological polar surface area (TPSA) is 26.3 Å². The Balaban J connectivity index is 3.72. The number of Topliss-reactive ketones (excluding diaryl/α,β-unsaturated/α-hetero) is 1. The number of halogens is 5. The zero-order valence-corrected chi connectivity index (χ0v) is 8.03. The lowest BCUT2D eigenvalue weighted by Crippen LogP contribution is -2.40. The Hall–Kier alpha value is -0.720. The van der Waals surface area contributed by atoms with Gasteiger partial charge in [0.15, 0.2) is 0 Å². The number of carbonyl (C=O) groups excluding carboxylic acids is 1. The Bertz CT molecular complexity index is 212. The Kier molecular flexibility index (Phi) is 5.13. The van der Waals surface area contributed by atoms with Crippen LogP contribution in [0, 0.1) is 0 Å². The number of hydrogen-bond acceptors (Lipinski definition) is 2. The maximum Gasteiger partial charge on any atom is 0.455 e. The van der Waals surface area contributed by atoms with E-state index < -0.39 is 18.7 Å². The first-order valence-electron chi connectivity index (χ1n) is 4.18. The van der Waals surface area contributed by atoms with E-state index >= 15 is 0 Å². The first kappa shape index (κ1) is 14.3. The molecular formula is C8H11F5O2. The lowest BCUT2D eigenvalue weighted by Gasteiger charge is -2.19. The summed E-state index contributed by atoms with van der Waals surface area (Å²) in [4.78, 5) is 10.4. The maximum atomic E-state index is 12.2. The Labute approximate surface area is 83.4 Å². The van der Waals surface area contributed by atoms with E-state index in [1.165, 1.54) is 6.92 Å². The fourth-order valence-electron chi connectivity index (χ4n) is 0.705. The number of alkyl halides is 5. The molecule has 0 N–H and O–H groups in total. The molecule has 0 amide bonds. The summed E-state index contributed by atoms with van der Waals surface area (Å²) in [6, 6.07) is 0. The van der Waals surface area contributed by atoms with Gasteiger partial charge in [-0.25, -0.2) is 0 Å². The molecule has 0 aromatic heterocycles. The molecule has 0 aliphatic carbocycles. The van der Waals surface area contributed by atoms with Crippen LogP contribution in [0.25, 0.3) is 0 Å². The molecule has 90 valence electrons. The van der Waals surface area contributed by atoms with Gasteiger partial charge in [-0.05, 0) is 13.3 Å². The van der Waals surface area contributed by atoms with Gasteiger partial charge >= 0.3 is 12.1 Å². The summed E-state index contributed by atoms with van der Waals surface area (Å²) in [5, 5.41) is 0. The molecule has 0 aromatic rings. The van der Waals surface area contributed by atoms with Crippen LogP contribution < -0.4 is 0 Å². The van der Waals surface area contributed by atoms with Crippen molar-refractivity contribution in [1.29, 1.82) is 0 Å². The van der Waals surface area contributed by atoms with Crippen molar-refractivity contribution in [2.75, 3.05) is 13.2 Å². The zero-order chi connectivity index (χ0) is 12.1. The normalized spacial score (nSPS) is 12.9. The van der Waals surface area contributed by atoms with Gasteiger partial charge in [-0.15, -0.1) is 0 Å². The van der Waals surface area contributed by atoms with Crippen LogP contribution in [0.1, 0.15) is 19.8 Å². The molecule has 0 spiro atoms. The van der Waals surface area contributed by atoms with E-state index in [0.717, 1.165) is 0 Å². The van der Waals surface area contributed by atoms with Crippen molar-refractivity contribution < 1.29 is 31.5 Å². The second-order valence-electron chi connectivity index (χ2n) is 3.06. The molecule has 0 rings (SSSR count). The number of ether oxygens (including phenoxy) is 1. The average molecular weight is 234 g/mol. The van der Waals surface area contributed by atoms with E-state index in [2.05, 4.69) is 4.74 Å². The first-order chi connectivity index (χ1) is 6.67. The van der Waals surface area contributed by atoms with Gasteiger partial charge in [-0.3, -0.25) is 0 Å². The SMILES string of the molecule is CC(=O)CCCOCC(F)(F)C(F)(F)F. The quantitative estimate of drug-likeness (QED) is 0.521. The molecule has 0 aliphatic heterocycles. The molecule has 0 aliphatic rings. The Morgan fingerprint density at radius 2 is 1.73 bits per heavy atom. The van der Waals surface area contributed by atoms with Crippen LogP contribution in [0.15, 0.2) is 0 Å². The molecule has 0 unspecified atom stereocenters. The highest BCUT2D eigenvalue weighted by Crippen LogP contribution is 2.35. The van der Waals surface area contributed by atoms with Crippen LogP contribution in [0.2, 0.25) is 0 Å². The van der Waals surface area contributed by atoms with Crippen molar-refractivity contribution >= 4 is 5.78 Å². The van der Waals surface area contributed by atoms with Crippen LogP contribution in [0.5, 0.6) is 0 Å². The second-order valence-corrected chi connectivity index (χ2v) is 3.06. The van der Waals surface area contributed by atoms with E-state index in [9.17, 15) is 26.7 Å². The standard InChI is InChI=1S/C8H11F5O2/c1-6(14)3-2-4-15-5-7(9,10)8(11,12)13/h2-5H2,1H3. The minimum atomic E-state index is -5.59. The van der Waals surface area contributed by atoms with Gasteiger partial charge in [0.05, 0.1) is 0 Å². The lowest BCUT2D eigenvalue weighted by molar-refractivity contribution is -0.296. The third kappa shape index (κ3) is 5.66. The van der Waals surface area contributed by atoms with Gasteiger partial charge < -0.3 is 9.53 Å². The summed E-state index contributed by atoms with van der Waals surface area (Å²) in [6.07, 6.45) is -5.34. The number of carbonyl (C=O) groups is 1. The van der Waals surface area contributed by atoms with Crippen molar-refractivity contribution in [3.63, 3.8) is 0 Å². The highest BCUT2D eigenvalue weighted by Gasteiger charge is 2.57. The minimum absolute atomic E-state index is 0.109. The summed E-state index contributed by atoms with van der Waals surface area (Å²) in [6.45, 7) is -0.691. The van der Waals surface area contributed by atoms with Gasteiger partial charge in [0.25, 0.3) is 0 Å². The number of rotatable bonds is 6. The van der Waals surface area contributed by atoms with Crippen LogP contribution in [-0.4, -0.2) is 31.1 Å². The van der Waals surface area contributed by atoms with Crippen LogP contribution in [0.3, 0.4) is 0 Å². The molecule has 0 fully saturated rings. The summed E-state index contributed by atoms with van der Waals surface area (Å²) >= 11 is 0. The molecule has 0 saturated heterocycles. The summed E-state index contributed by atoms with van der Waals surface area (Å²) in [5.74, 6) is -5.00. The molecule has 15 heavy (non-hydrogen) atoms. The van der Waals surface area contributed by atoms with Crippen molar-refractivity contribution in [3.8, 4) is 0 Å². The molecule has 2 nitrogen and oxygen atoms in total. The smallest absolute Gasteiger partial charge is 0.375 e. The predicted molar refractivity (Wildman–Crippen MR) is 41.7 cm³/mol. The monoisotopic (exact) mass is 234 g/mol. The Morgan fingerprint density at radius 1 is 1.20 bits per heavy atom. The van der Waals surface area contributed by atoms with Crippen LogP contribution in [-0.2, 0) is 9.53 Å². The molecule has 7 heteroatoms. The van der Waals surface area contributed by atoms with E-state index in [1.54, 1.807) is 0 Å². The van der Waals surface area contributed by atoms with Gasteiger partial charge in [0.1, 0.15) is 12.4 Å². The molecule has 0 aromatic carbocycles. The van der Waals surface area contributed by atoms with E-state index in [0.29, 0.717) is 0 Å². The van der Waals surface area contributed by atoms with Crippen LogP contribution >= 0.6 is 0 Å². The van der Waals surface area contributed by atoms with E-state index in [4.69, 9.17) is 0 Å². The molecule has 0 atom stereocenters. The lowest BCUT2D eigenvalue weighted by atomic mass is 10.2. The van der Waals surface area contributed by atoms with Crippen molar-refractivity contribution in [3.05, 3.63) is 0 Å². The van der Waals surface area contributed by atoms with Gasteiger partial charge in [0, 0.05) is 13.0 Å². The summed E-state index contributed by atoms with van der Waals surface area (Å²) in [7, 11) is 0. The highest BCUT2D eigenvalue weighted by atomic mass is 19.4. The van der Waals surface area contributed by atoms with Crippen molar-refractivity contribution in [2.24, 2.45) is 0 Å². The summed E-state index contributed by atoms with van der Waals surface area (Å²) in [5.41, 5.74) is 0. The fourth-order valence-corrected chi connectivity index (χ4v) is 0.705. The van der Waals surface area contributed by atoms with Gasteiger partial charge in [0.2, 0.25) is 0 Å². The van der Waals surface area contributed by atoms with Gasteiger partial charge in [-0.2, -0.15) is 22.0 Å². The van der Waals surface area contributed by atoms with Crippen LogP contribution in [0.4, 0.5) is 22.0 Å². The maximum absolute atomic E-state index is 12.2. The largest absolute Gasteiger partial charge is 0.455 e. The second kappa shape index (κ2) is 5.39. The van der Waals surface area contributed by atoms with Gasteiger partial charge in [-0.1, -0.05) is 0 Å². The minimum Gasteiger partial charge on any atom is -0.375 e. The van der Waals surface area contributed by atoms with Crippen molar-refractivity contribution in [2.45, 2.75) is 31.9 Å². The molecular weight excluding hydrogens is 223 g/mol. The third-order valence-electron chi connectivity index (χ3n) is 1.52. The highest BCUT2D eigenvalue weighted by molar-refractivity contribution is 5.75. The molecule has 0 saturated carbocycles. The first-order valence-corrected chi connectivity index (χ1v) is 4.18. The number of hydrogen-bond donors (Lipinski definition) is 0. The Morgan fingerprint density at radius 3 is 2.13 bits per heavy atom. The molecule has 0 heterocycles. The van der Waals surface area contributed by atoms with Crippen molar-refractivity contribution in [1.82, 2.24) is 0 Å². The summed E-state index contributed by atoms with van der Waals surface area (Å²) < 4.78 is 63.3. The average Bonchev–Trinajstić information content (AvgIpc) is 2.00. The molecule has 0 radical (unpaired) electrons. The molecule has 0 bridgehead atoms. The third-order valence-corrected chi connectivity index (χ3v) is 1.52. The predicted octanol–water partition coefficient (Wildman–Crippen LogP) is 2.57.